The molecule has 0 N–H and O–H groups in total. The van der Waals surface area contributed by atoms with Gasteiger partial charge >= 0.3 is 0 Å². The predicted molar refractivity (Wildman–Crippen MR) is 79.8 cm³/mol. The van der Waals surface area contributed by atoms with Crippen LogP contribution in [0.25, 0.3) is 0 Å². The second kappa shape index (κ2) is 6.40. The third-order valence-electron chi connectivity index (χ3n) is 2.70. The summed E-state index contributed by atoms with van der Waals surface area (Å²) < 4.78 is 7.09. The number of ether oxygens (including phenoxy) is 1. The van der Waals surface area contributed by atoms with Crippen LogP contribution in [0.3, 0.4) is 0 Å². The fourth-order valence-electron chi connectivity index (χ4n) is 1.80. The summed E-state index contributed by atoms with van der Waals surface area (Å²) in [5, 5.41) is 4.14. The highest BCUT2D eigenvalue weighted by atomic mass is 79.9. The molecule has 1 heterocycles. The van der Waals surface area contributed by atoms with Gasteiger partial charge < -0.3 is 4.74 Å². The molecule has 1 aromatic carbocycles. The monoisotopic (exact) mass is 332 g/mol. The van der Waals surface area contributed by atoms with Crippen molar-refractivity contribution in [3.05, 3.63) is 47.2 Å². The maximum Gasteiger partial charge on any atom is 0.233 e. The third kappa shape index (κ3) is 3.28. The molecule has 0 atom stereocenters. The number of aromatic nitrogens is 2. The zero-order valence-corrected chi connectivity index (χ0v) is 12.8. The largest absolute Gasteiger partial charge is 0.472 e. The van der Waals surface area contributed by atoms with Crippen molar-refractivity contribution in [3.63, 3.8) is 0 Å². The molecule has 0 amide bonds. The summed E-state index contributed by atoms with van der Waals surface area (Å²) in [5.74, 6) is 6.34. The van der Waals surface area contributed by atoms with E-state index in [0.29, 0.717) is 11.4 Å². The number of halogens is 1. The van der Waals surface area contributed by atoms with Crippen LogP contribution in [0.4, 0.5) is 0 Å². The summed E-state index contributed by atoms with van der Waals surface area (Å²) >= 11 is 2.99. The van der Waals surface area contributed by atoms with E-state index in [0.717, 1.165) is 11.1 Å². The van der Waals surface area contributed by atoms with E-state index in [1.54, 1.807) is 36.0 Å². The molecule has 2 aromatic rings. The van der Waals surface area contributed by atoms with E-state index < -0.39 is 0 Å². The number of aryl methyl sites for hydroxylation is 1. The number of hydrogen-bond donors (Lipinski definition) is 0. The topological polar surface area (TPSA) is 44.1 Å². The van der Waals surface area contributed by atoms with Crippen LogP contribution in [-0.2, 0) is 13.7 Å². The highest BCUT2D eigenvalue weighted by Crippen LogP contribution is 2.19. The molecule has 0 unspecified atom stereocenters. The standard InChI is InChI=1S/C15H13BrN2O2/c1-3-5-11-6-4-7-12(15(16)19)13(11)10-20-14-8-9-18(2)17-14/h4,6-9H,10H2,1-2H3. The molecule has 0 aliphatic carbocycles. The van der Waals surface area contributed by atoms with Gasteiger partial charge in [-0.25, -0.2) is 0 Å². The number of nitrogens with zero attached hydrogens (tertiary/aromatic N) is 2. The zero-order valence-electron chi connectivity index (χ0n) is 11.2. The van der Waals surface area contributed by atoms with Crippen LogP contribution >= 0.6 is 15.9 Å². The Morgan fingerprint density at radius 3 is 2.85 bits per heavy atom. The molecule has 0 saturated carbocycles. The van der Waals surface area contributed by atoms with Crippen molar-refractivity contribution >= 4 is 20.6 Å². The van der Waals surface area contributed by atoms with Crippen LogP contribution in [0, 0.1) is 11.8 Å². The first-order valence-corrected chi connectivity index (χ1v) is 6.78. The number of benzene rings is 1. The third-order valence-corrected chi connectivity index (χ3v) is 3.13. The lowest BCUT2D eigenvalue weighted by Crippen LogP contribution is -2.05. The highest BCUT2D eigenvalue weighted by Gasteiger charge is 2.13. The number of carbonyl (C=O) groups excluding carboxylic acids is 1. The maximum atomic E-state index is 11.6. The fourth-order valence-corrected chi connectivity index (χ4v) is 2.17. The summed E-state index contributed by atoms with van der Waals surface area (Å²) in [6.07, 6.45) is 1.80. The Hall–Kier alpha value is -2.06. The average molecular weight is 333 g/mol. The van der Waals surface area contributed by atoms with E-state index in [4.69, 9.17) is 4.74 Å². The van der Waals surface area contributed by atoms with Gasteiger partial charge in [0.15, 0.2) is 0 Å². The normalized spacial score (nSPS) is 9.75. The Bertz CT molecular complexity index is 695. The van der Waals surface area contributed by atoms with Gasteiger partial charge in [0.05, 0.1) is 0 Å². The summed E-state index contributed by atoms with van der Waals surface area (Å²) in [4.78, 5) is 11.6. The molecule has 1 aromatic heterocycles. The molecule has 0 fully saturated rings. The molecule has 0 aliphatic heterocycles. The zero-order chi connectivity index (χ0) is 14.5. The van der Waals surface area contributed by atoms with E-state index in [9.17, 15) is 4.79 Å². The molecule has 0 saturated heterocycles. The van der Waals surface area contributed by atoms with Gasteiger partial charge in [-0.05, 0) is 35.0 Å². The molecule has 4 nitrogen and oxygen atoms in total. The van der Waals surface area contributed by atoms with Crippen molar-refractivity contribution < 1.29 is 9.53 Å². The quantitative estimate of drug-likeness (QED) is 0.638. The van der Waals surface area contributed by atoms with Gasteiger partial charge in [0.25, 0.3) is 0 Å². The molecule has 2 rings (SSSR count). The molecule has 0 radical (unpaired) electrons. The summed E-state index contributed by atoms with van der Waals surface area (Å²) in [6.45, 7) is 2.00. The molecular weight excluding hydrogens is 320 g/mol. The summed E-state index contributed by atoms with van der Waals surface area (Å²) in [7, 11) is 1.82. The predicted octanol–water partition coefficient (Wildman–Crippen LogP) is 2.91. The minimum absolute atomic E-state index is 0.183. The molecule has 5 heteroatoms. The first-order valence-electron chi connectivity index (χ1n) is 5.98. The Morgan fingerprint density at radius 2 is 2.25 bits per heavy atom. The van der Waals surface area contributed by atoms with Crippen LogP contribution in [0.2, 0.25) is 0 Å². The van der Waals surface area contributed by atoms with Crippen molar-refractivity contribution in [2.45, 2.75) is 13.5 Å². The Kier molecular flexibility index (Phi) is 4.59. The molecular formula is C15H13BrN2O2. The lowest BCUT2D eigenvalue weighted by molar-refractivity contribution is 0.109. The van der Waals surface area contributed by atoms with Gasteiger partial charge in [-0.2, -0.15) is 0 Å². The van der Waals surface area contributed by atoms with E-state index in [1.165, 1.54) is 0 Å². The average Bonchev–Trinajstić information content (AvgIpc) is 2.83. The summed E-state index contributed by atoms with van der Waals surface area (Å²) in [5.41, 5.74) is 2.10. The van der Waals surface area contributed by atoms with Gasteiger partial charge in [-0.15, -0.1) is 11.0 Å². The van der Waals surface area contributed by atoms with Gasteiger partial charge in [0, 0.05) is 36.0 Å². The molecule has 0 bridgehead atoms. The lowest BCUT2D eigenvalue weighted by Gasteiger charge is -2.09. The maximum absolute atomic E-state index is 11.6. The van der Waals surface area contributed by atoms with Crippen LogP contribution in [0.5, 0.6) is 5.88 Å². The van der Waals surface area contributed by atoms with E-state index >= 15 is 0 Å². The van der Waals surface area contributed by atoms with Gasteiger partial charge in [0.2, 0.25) is 10.6 Å². The number of hydrogen-bond acceptors (Lipinski definition) is 3. The Balaban J connectivity index is 2.31. The van der Waals surface area contributed by atoms with Gasteiger partial charge in [-0.1, -0.05) is 12.0 Å². The molecule has 0 spiro atoms. The van der Waals surface area contributed by atoms with Crippen molar-refractivity contribution in [1.82, 2.24) is 9.78 Å². The lowest BCUT2D eigenvalue weighted by atomic mass is 10.0. The van der Waals surface area contributed by atoms with Crippen molar-refractivity contribution in [3.8, 4) is 17.7 Å². The van der Waals surface area contributed by atoms with E-state index in [-0.39, 0.29) is 11.3 Å². The van der Waals surface area contributed by atoms with Crippen LogP contribution in [0.1, 0.15) is 28.4 Å². The van der Waals surface area contributed by atoms with Crippen molar-refractivity contribution in [2.75, 3.05) is 0 Å². The molecule has 0 aliphatic rings. The van der Waals surface area contributed by atoms with Gasteiger partial charge in [0.1, 0.15) is 6.61 Å². The number of rotatable bonds is 4. The van der Waals surface area contributed by atoms with Gasteiger partial charge in [-0.3, -0.25) is 9.48 Å². The molecule has 102 valence electrons. The Morgan fingerprint density at radius 1 is 1.45 bits per heavy atom. The Labute approximate surface area is 125 Å². The fraction of sp³-hybridized carbons (Fsp3) is 0.200. The highest BCUT2D eigenvalue weighted by molar-refractivity contribution is 9.18. The summed E-state index contributed by atoms with van der Waals surface area (Å²) in [6, 6.07) is 7.18. The van der Waals surface area contributed by atoms with Crippen LogP contribution in [-0.4, -0.2) is 14.5 Å². The van der Waals surface area contributed by atoms with Crippen LogP contribution in [0.15, 0.2) is 30.5 Å². The van der Waals surface area contributed by atoms with E-state index in [2.05, 4.69) is 32.9 Å². The van der Waals surface area contributed by atoms with Crippen molar-refractivity contribution in [2.24, 2.45) is 7.05 Å². The van der Waals surface area contributed by atoms with Crippen LogP contribution < -0.4 is 4.74 Å². The minimum atomic E-state index is -0.183. The van der Waals surface area contributed by atoms with E-state index in [1.807, 2.05) is 13.1 Å². The SMILES string of the molecule is CC#Cc1cccc(C(=O)Br)c1COc1ccn(C)n1. The minimum Gasteiger partial charge on any atom is -0.472 e. The second-order valence-electron chi connectivity index (χ2n) is 4.10. The smallest absolute Gasteiger partial charge is 0.233 e. The molecule has 20 heavy (non-hydrogen) atoms. The van der Waals surface area contributed by atoms with Crippen molar-refractivity contribution in [1.29, 1.82) is 0 Å². The first kappa shape index (κ1) is 14.4. The second-order valence-corrected chi connectivity index (χ2v) is 4.82. The first-order chi connectivity index (χ1) is 9.61. The number of carbonyl (C=O) groups is 1.